The van der Waals surface area contributed by atoms with Crippen molar-refractivity contribution in [1.29, 1.82) is 0 Å². The maximum atomic E-state index is 10.5. The van der Waals surface area contributed by atoms with Crippen molar-refractivity contribution in [1.82, 2.24) is 4.98 Å². The van der Waals surface area contributed by atoms with Gasteiger partial charge in [-0.2, -0.15) is 0 Å². The van der Waals surface area contributed by atoms with Gasteiger partial charge in [0.05, 0.1) is 11.5 Å². The standard InChI is InChI=1S/C19H26N2O3/c1-2-3-4-5-6-7-8-14-24-18-11-9-10-17-19(18)16(15-20-17)12-13-21(22)23/h9-13,15,20H,2-8,14H2,1H3. The highest BCUT2D eigenvalue weighted by atomic mass is 16.6. The minimum Gasteiger partial charge on any atom is -0.493 e. The maximum absolute atomic E-state index is 10.5. The first-order chi connectivity index (χ1) is 11.7. The Morgan fingerprint density at radius 1 is 1.17 bits per heavy atom. The molecule has 0 aliphatic rings. The van der Waals surface area contributed by atoms with Crippen LogP contribution in [0.15, 0.2) is 30.6 Å². The molecule has 0 saturated carbocycles. The number of nitro groups is 1. The van der Waals surface area contributed by atoms with Crippen LogP contribution in [0.3, 0.4) is 0 Å². The third kappa shape index (κ3) is 5.41. The van der Waals surface area contributed by atoms with Crippen molar-refractivity contribution in [2.75, 3.05) is 6.61 Å². The number of ether oxygens (including phenoxy) is 1. The highest BCUT2D eigenvalue weighted by Crippen LogP contribution is 2.29. The molecule has 0 atom stereocenters. The molecule has 0 unspecified atom stereocenters. The fourth-order valence-electron chi connectivity index (χ4n) is 2.81. The zero-order valence-corrected chi connectivity index (χ0v) is 14.3. The minimum atomic E-state index is -0.457. The molecule has 1 heterocycles. The first-order valence-electron chi connectivity index (χ1n) is 8.77. The summed E-state index contributed by atoms with van der Waals surface area (Å²) >= 11 is 0. The van der Waals surface area contributed by atoms with Crippen molar-refractivity contribution >= 4 is 17.0 Å². The van der Waals surface area contributed by atoms with Gasteiger partial charge in [0, 0.05) is 28.7 Å². The topological polar surface area (TPSA) is 68.2 Å². The molecule has 1 aromatic heterocycles. The number of hydrogen-bond acceptors (Lipinski definition) is 3. The van der Waals surface area contributed by atoms with E-state index < -0.39 is 4.92 Å². The van der Waals surface area contributed by atoms with Gasteiger partial charge in [-0.05, 0) is 18.6 Å². The smallest absolute Gasteiger partial charge is 0.235 e. The minimum absolute atomic E-state index is 0.457. The zero-order chi connectivity index (χ0) is 17.2. The molecule has 0 aliphatic carbocycles. The van der Waals surface area contributed by atoms with E-state index in [1.165, 1.54) is 44.6 Å². The highest BCUT2D eigenvalue weighted by Gasteiger charge is 2.08. The summed E-state index contributed by atoms with van der Waals surface area (Å²) < 4.78 is 5.93. The number of nitrogens with one attached hydrogen (secondary N) is 1. The Kier molecular flexibility index (Phi) is 7.33. The van der Waals surface area contributed by atoms with Crippen LogP contribution >= 0.6 is 0 Å². The molecule has 0 amide bonds. The van der Waals surface area contributed by atoms with Crippen molar-refractivity contribution in [2.45, 2.75) is 51.9 Å². The van der Waals surface area contributed by atoms with E-state index in [-0.39, 0.29) is 0 Å². The highest BCUT2D eigenvalue weighted by molar-refractivity contribution is 5.93. The van der Waals surface area contributed by atoms with E-state index in [4.69, 9.17) is 4.74 Å². The molecule has 1 N–H and O–H groups in total. The second-order valence-electron chi connectivity index (χ2n) is 5.99. The van der Waals surface area contributed by atoms with Crippen LogP contribution in [0.5, 0.6) is 5.75 Å². The molecule has 5 nitrogen and oxygen atoms in total. The van der Waals surface area contributed by atoms with Gasteiger partial charge in [-0.15, -0.1) is 0 Å². The molecule has 0 bridgehead atoms. The van der Waals surface area contributed by atoms with Gasteiger partial charge < -0.3 is 9.72 Å². The first-order valence-corrected chi connectivity index (χ1v) is 8.77. The quantitative estimate of drug-likeness (QED) is 0.334. The van der Waals surface area contributed by atoms with E-state index in [0.717, 1.165) is 34.8 Å². The monoisotopic (exact) mass is 330 g/mol. The van der Waals surface area contributed by atoms with Gasteiger partial charge >= 0.3 is 0 Å². The van der Waals surface area contributed by atoms with Crippen LogP contribution in [0.2, 0.25) is 0 Å². The number of unbranched alkanes of at least 4 members (excludes halogenated alkanes) is 6. The molecule has 130 valence electrons. The Balaban J connectivity index is 1.89. The van der Waals surface area contributed by atoms with E-state index in [1.54, 1.807) is 6.20 Å². The maximum Gasteiger partial charge on any atom is 0.235 e. The van der Waals surface area contributed by atoms with Crippen molar-refractivity contribution in [3.63, 3.8) is 0 Å². The normalized spacial score (nSPS) is 11.4. The fraction of sp³-hybridized carbons (Fsp3) is 0.474. The summed E-state index contributed by atoms with van der Waals surface area (Å²) in [5, 5.41) is 11.4. The molecule has 0 aliphatic heterocycles. The molecule has 2 aromatic rings. The van der Waals surface area contributed by atoms with Crippen molar-refractivity contribution in [2.24, 2.45) is 0 Å². The van der Waals surface area contributed by atoms with E-state index in [0.29, 0.717) is 6.61 Å². The number of fused-ring (bicyclic) bond motifs is 1. The van der Waals surface area contributed by atoms with Gasteiger partial charge in [0.1, 0.15) is 5.75 Å². The predicted octanol–water partition coefficient (Wildman–Crippen LogP) is 5.54. The molecule has 0 radical (unpaired) electrons. The Hall–Kier alpha value is -2.30. The summed E-state index contributed by atoms with van der Waals surface area (Å²) in [5.74, 6) is 0.780. The number of benzene rings is 1. The molecule has 0 saturated heterocycles. The number of aromatic amines is 1. The number of H-pyrrole nitrogens is 1. The Morgan fingerprint density at radius 3 is 2.67 bits per heavy atom. The second kappa shape index (κ2) is 9.75. The van der Waals surface area contributed by atoms with Gasteiger partial charge in [0.15, 0.2) is 0 Å². The SMILES string of the molecule is CCCCCCCCCOc1cccc2[nH]cc(C=C[N+](=O)[O-])c12. The van der Waals surface area contributed by atoms with Gasteiger partial charge in [-0.25, -0.2) is 0 Å². The lowest BCUT2D eigenvalue weighted by atomic mass is 10.1. The third-order valence-electron chi connectivity index (χ3n) is 4.08. The van der Waals surface area contributed by atoms with Crippen molar-refractivity contribution in [3.05, 3.63) is 46.3 Å². The first kappa shape index (κ1) is 18.0. The summed E-state index contributed by atoms with van der Waals surface area (Å²) in [5.41, 5.74) is 1.70. The molecule has 24 heavy (non-hydrogen) atoms. The number of rotatable bonds is 11. The largest absolute Gasteiger partial charge is 0.493 e. The molecule has 0 spiro atoms. The Labute approximate surface area is 142 Å². The average Bonchev–Trinajstić information content (AvgIpc) is 2.99. The molecule has 0 fully saturated rings. The van der Waals surface area contributed by atoms with Crippen molar-refractivity contribution < 1.29 is 9.66 Å². The lowest BCUT2D eigenvalue weighted by Crippen LogP contribution is -1.98. The summed E-state index contributed by atoms with van der Waals surface area (Å²) in [4.78, 5) is 13.2. The fourth-order valence-corrected chi connectivity index (χ4v) is 2.81. The van der Waals surface area contributed by atoms with E-state index >= 15 is 0 Å². The van der Waals surface area contributed by atoms with E-state index in [9.17, 15) is 10.1 Å². The number of hydrogen-bond donors (Lipinski definition) is 1. The van der Waals surface area contributed by atoms with Crippen LogP contribution in [0.25, 0.3) is 17.0 Å². The summed E-state index contributed by atoms with van der Waals surface area (Å²) in [6, 6.07) is 5.79. The van der Waals surface area contributed by atoms with E-state index in [1.807, 2.05) is 18.2 Å². The van der Waals surface area contributed by atoms with Crippen LogP contribution in [0.4, 0.5) is 0 Å². The van der Waals surface area contributed by atoms with Gasteiger partial charge in [0.2, 0.25) is 6.20 Å². The molecule has 1 aromatic carbocycles. The lowest BCUT2D eigenvalue weighted by Gasteiger charge is -2.08. The van der Waals surface area contributed by atoms with Gasteiger partial charge in [0.25, 0.3) is 0 Å². The van der Waals surface area contributed by atoms with Gasteiger partial charge in [-0.1, -0.05) is 51.5 Å². The third-order valence-corrected chi connectivity index (χ3v) is 4.08. The predicted molar refractivity (Wildman–Crippen MR) is 97.8 cm³/mol. The molecule has 2 rings (SSSR count). The number of aromatic nitrogens is 1. The van der Waals surface area contributed by atoms with Crippen LogP contribution in [-0.2, 0) is 0 Å². The second-order valence-corrected chi connectivity index (χ2v) is 5.99. The summed E-state index contributed by atoms with van der Waals surface area (Å²) in [6.45, 7) is 2.90. The van der Waals surface area contributed by atoms with Gasteiger partial charge in [-0.3, -0.25) is 10.1 Å². The molecule has 5 heteroatoms. The van der Waals surface area contributed by atoms with E-state index in [2.05, 4.69) is 11.9 Å². The van der Waals surface area contributed by atoms with Crippen LogP contribution in [0.1, 0.15) is 57.4 Å². The van der Waals surface area contributed by atoms with Crippen LogP contribution in [0, 0.1) is 10.1 Å². The van der Waals surface area contributed by atoms with Crippen LogP contribution < -0.4 is 4.74 Å². The molecular weight excluding hydrogens is 304 g/mol. The Morgan fingerprint density at radius 2 is 1.92 bits per heavy atom. The van der Waals surface area contributed by atoms with Crippen LogP contribution in [-0.4, -0.2) is 16.5 Å². The van der Waals surface area contributed by atoms with Crippen molar-refractivity contribution in [3.8, 4) is 5.75 Å². The summed E-state index contributed by atoms with van der Waals surface area (Å²) in [6.07, 6.45) is 12.9. The molecular formula is C19H26N2O3. The Bertz CT molecular complexity index is 676. The number of nitrogens with zero attached hydrogens (tertiary/aromatic N) is 1. The summed E-state index contributed by atoms with van der Waals surface area (Å²) in [7, 11) is 0. The zero-order valence-electron chi connectivity index (χ0n) is 14.3. The lowest BCUT2D eigenvalue weighted by molar-refractivity contribution is -0.400. The average molecular weight is 330 g/mol.